The Balaban J connectivity index is 0.00000480. The molecule has 2 heterocycles. The third-order valence-corrected chi connectivity index (χ3v) is 6.59. The molecule has 0 spiro atoms. The van der Waals surface area contributed by atoms with Gasteiger partial charge in [0.15, 0.2) is 5.96 Å². The Kier molecular flexibility index (Phi) is 14.0. The molecule has 182 valence electrons. The minimum Gasteiger partial charge on any atom is -0.356 e. The molecule has 0 aromatic heterocycles. The van der Waals surface area contributed by atoms with Crippen LogP contribution in [0, 0.1) is 5.92 Å². The lowest BCUT2D eigenvalue weighted by Crippen LogP contribution is -2.50. The third kappa shape index (κ3) is 9.42. The first-order valence-electron chi connectivity index (χ1n) is 12.1. The second kappa shape index (κ2) is 15.3. The third-order valence-electron chi connectivity index (χ3n) is 6.59. The van der Waals surface area contributed by atoms with Crippen molar-refractivity contribution in [2.45, 2.75) is 70.9 Å². The molecule has 31 heavy (non-hydrogen) atoms. The van der Waals surface area contributed by atoms with Crippen molar-refractivity contribution in [1.29, 1.82) is 0 Å². The van der Waals surface area contributed by atoms with Gasteiger partial charge >= 0.3 is 0 Å². The second-order valence-corrected chi connectivity index (χ2v) is 9.42. The molecule has 2 atom stereocenters. The first-order chi connectivity index (χ1) is 14.4. The van der Waals surface area contributed by atoms with Crippen LogP contribution < -0.4 is 10.6 Å². The van der Waals surface area contributed by atoms with E-state index in [1.807, 2.05) is 21.1 Å². The quantitative estimate of drug-likeness (QED) is 0.200. The molecule has 0 aromatic carbocycles. The zero-order valence-electron chi connectivity index (χ0n) is 20.5. The first-order valence-corrected chi connectivity index (χ1v) is 12.1. The summed E-state index contributed by atoms with van der Waals surface area (Å²) in [5, 5.41) is 7.03. The van der Waals surface area contributed by atoms with Crippen LogP contribution in [-0.4, -0.2) is 99.1 Å². The van der Waals surface area contributed by atoms with Gasteiger partial charge in [0, 0.05) is 46.8 Å². The van der Waals surface area contributed by atoms with E-state index in [-0.39, 0.29) is 35.9 Å². The molecule has 2 N–H and O–H groups in total. The van der Waals surface area contributed by atoms with Crippen LogP contribution in [0.5, 0.6) is 0 Å². The van der Waals surface area contributed by atoms with Gasteiger partial charge in [-0.05, 0) is 57.7 Å². The van der Waals surface area contributed by atoms with Crippen LogP contribution in [0.4, 0.5) is 0 Å². The molecule has 2 aliphatic heterocycles. The number of nitrogens with zero attached hydrogens (tertiary/aromatic N) is 4. The number of carbonyl (C=O) groups excluding carboxylic acids is 1. The number of halogens is 1. The number of aliphatic imine (C=N–C) groups is 1. The second-order valence-electron chi connectivity index (χ2n) is 9.42. The van der Waals surface area contributed by atoms with Crippen LogP contribution in [0.25, 0.3) is 0 Å². The number of nitrogens with one attached hydrogen (secondary N) is 2. The highest BCUT2D eigenvalue weighted by atomic mass is 127. The predicted octanol–water partition coefficient (Wildman–Crippen LogP) is 2.61. The Labute approximate surface area is 207 Å². The maximum Gasteiger partial charge on any atom is 0.239 e. The van der Waals surface area contributed by atoms with Gasteiger partial charge in [0.2, 0.25) is 5.91 Å². The fourth-order valence-electron chi connectivity index (χ4n) is 4.80. The van der Waals surface area contributed by atoms with Crippen molar-refractivity contribution in [2.24, 2.45) is 10.9 Å². The highest BCUT2D eigenvalue weighted by Gasteiger charge is 2.31. The smallest absolute Gasteiger partial charge is 0.239 e. The Morgan fingerprint density at radius 3 is 2.32 bits per heavy atom. The van der Waals surface area contributed by atoms with Gasteiger partial charge in [-0.15, -0.1) is 24.0 Å². The van der Waals surface area contributed by atoms with Gasteiger partial charge in [-0.1, -0.05) is 26.7 Å². The van der Waals surface area contributed by atoms with Crippen molar-refractivity contribution in [3.05, 3.63) is 0 Å². The number of carbonyl (C=O) groups is 1. The van der Waals surface area contributed by atoms with Crippen LogP contribution in [0.1, 0.15) is 58.8 Å². The summed E-state index contributed by atoms with van der Waals surface area (Å²) in [5.41, 5.74) is 0. The average molecular weight is 551 g/mol. The first kappa shape index (κ1) is 28.4. The van der Waals surface area contributed by atoms with E-state index in [0.29, 0.717) is 12.0 Å². The molecular weight excluding hydrogens is 503 g/mol. The van der Waals surface area contributed by atoms with Crippen LogP contribution in [0.2, 0.25) is 0 Å². The summed E-state index contributed by atoms with van der Waals surface area (Å²) in [6.07, 6.45) is 8.51. The normalized spacial score (nSPS) is 22.0. The van der Waals surface area contributed by atoms with Crippen molar-refractivity contribution in [3.63, 3.8) is 0 Å². The number of hydrogen-bond donors (Lipinski definition) is 2. The zero-order chi connectivity index (χ0) is 21.9. The standard InChI is InChI=1S/C23H46N6O.HI/c1-19(2)21(29-14-8-6-7-9-15-29)18-26-23(24-3)25-13-11-17-28-16-10-12-20(28)22(30)27(4)5;/h19-21H,6-18H2,1-5H3,(H2,24,25,26);1H. The largest absolute Gasteiger partial charge is 0.356 e. The van der Waals surface area contributed by atoms with E-state index in [2.05, 4.69) is 39.3 Å². The molecule has 1 amide bonds. The number of likely N-dealkylation sites (N-methyl/N-ethyl adjacent to an activating group) is 1. The Morgan fingerprint density at radius 1 is 1.06 bits per heavy atom. The van der Waals surface area contributed by atoms with Crippen molar-refractivity contribution in [2.75, 3.05) is 60.4 Å². The molecule has 2 saturated heterocycles. The summed E-state index contributed by atoms with van der Waals surface area (Å²) in [7, 11) is 5.55. The fourth-order valence-corrected chi connectivity index (χ4v) is 4.80. The fraction of sp³-hybridized carbons (Fsp3) is 0.913. The molecule has 7 nitrogen and oxygen atoms in total. The summed E-state index contributed by atoms with van der Waals surface area (Å²) in [6.45, 7) is 10.9. The lowest BCUT2D eigenvalue weighted by molar-refractivity contribution is -0.133. The average Bonchev–Trinajstić information content (AvgIpc) is 3.02. The molecule has 0 bridgehead atoms. The minimum absolute atomic E-state index is 0. The van der Waals surface area contributed by atoms with Crippen molar-refractivity contribution in [1.82, 2.24) is 25.3 Å². The number of guanidine groups is 1. The highest BCUT2D eigenvalue weighted by molar-refractivity contribution is 14.0. The van der Waals surface area contributed by atoms with Crippen LogP contribution in [0.15, 0.2) is 4.99 Å². The highest BCUT2D eigenvalue weighted by Crippen LogP contribution is 2.19. The maximum absolute atomic E-state index is 12.3. The summed E-state index contributed by atoms with van der Waals surface area (Å²) in [5.74, 6) is 1.75. The van der Waals surface area contributed by atoms with Crippen LogP contribution in [0.3, 0.4) is 0 Å². The van der Waals surface area contributed by atoms with E-state index in [0.717, 1.165) is 51.4 Å². The lowest BCUT2D eigenvalue weighted by atomic mass is 10.0. The molecule has 2 fully saturated rings. The van der Waals surface area contributed by atoms with Gasteiger partial charge in [0.25, 0.3) is 0 Å². The van der Waals surface area contributed by atoms with E-state index in [1.54, 1.807) is 4.90 Å². The maximum atomic E-state index is 12.3. The summed E-state index contributed by atoms with van der Waals surface area (Å²) >= 11 is 0. The van der Waals surface area contributed by atoms with Gasteiger partial charge < -0.3 is 15.5 Å². The molecular formula is C23H47IN6O. The van der Waals surface area contributed by atoms with Crippen molar-refractivity contribution >= 4 is 35.8 Å². The Bertz CT molecular complexity index is 534. The number of hydrogen-bond acceptors (Lipinski definition) is 4. The molecule has 8 heteroatoms. The van der Waals surface area contributed by atoms with Gasteiger partial charge in [-0.25, -0.2) is 0 Å². The predicted molar refractivity (Wildman–Crippen MR) is 141 cm³/mol. The summed E-state index contributed by atoms with van der Waals surface area (Å²) < 4.78 is 0. The lowest BCUT2D eigenvalue weighted by Gasteiger charge is -2.34. The van der Waals surface area contributed by atoms with E-state index in [1.165, 1.54) is 38.8 Å². The summed E-state index contributed by atoms with van der Waals surface area (Å²) in [6, 6.07) is 0.613. The zero-order valence-corrected chi connectivity index (χ0v) is 22.9. The molecule has 0 aliphatic carbocycles. The van der Waals surface area contributed by atoms with Crippen molar-refractivity contribution in [3.8, 4) is 0 Å². The van der Waals surface area contributed by atoms with Gasteiger partial charge in [0.05, 0.1) is 6.04 Å². The molecule has 2 unspecified atom stereocenters. The topological polar surface area (TPSA) is 63.2 Å². The Hall–Kier alpha value is -0.610. The monoisotopic (exact) mass is 550 g/mol. The van der Waals surface area contributed by atoms with E-state index >= 15 is 0 Å². The van der Waals surface area contributed by atoms with Gasteiger partial charge in [0.1, 0.15) is 0 Å². The minimum atomic E-state index is 0. The molecule has 0 radical (unpaired) electrons. The number of rotatable bonds is 9. The molecule has 0 saturated carbocycles. The Morgan fingerprint density at radius 2 is 1.74 bits per heavy atom. The molecule has 0 aromatic rings. The number of likely N-dealkylation sites (tertiary alicyclic amines) is 2. The van der Waals surface area contributed by atoms with Crippen LogP contribution in [-0.2, 0) is 4.79 Å². The summed E-state index contributed by atoms with van der Waals surface area (Å²) in [4.78, 5) is 23.5. The molecule has 2 aliphatic rings. The van der Waals surface area contributed by atoms with E-state index in [9.17, 15) is 4.79 Å². The SMILES string of the molecule is CN=C(NCCCN1CCCC1C(=O)N(C)C)NCC(C(C)C)N1CCCCCC1.I. The van der Waals surface area contributed by atoms with E-state index < -0.39 is 0 Å². The number of amides is 1. The van der Waals surface area contributed by atoms with Crippen molar-refractivity contribution < 1.29 is 4.79 Å². The van der Waals surface area contributed by atoms with Gasteiger partial charge in [-0.2, -0.15) is 0 Å². The van der Waals surface area contributed by atoms with Crippen LogP contribution >= 0.6 is 24.0 Å². The van der Waals surface area contributed by atoms with Gasteiger partial charge in [-0.3, -0.25) is 19.6 Å². The van der Waals surface area contributed by atoms with E-state index in [4.69, 9.17) is 0 Å². The molecule has 2 rings (SSSR count).